The van der Waals surface area contributed by atoms with Crippen molar-refractivity contribution in [1.82, 2.24) is 5.32 Å². The molecule has 23 heavy (non-hydrogen) atoms. The number of hydrogen-bond donors (Lipinski definition) is 1. The standard InChI is InChI=1S/C16H21F2NO3S/c1-11-4-2-3-5-14(11)19-15(20)10-12-6-8-13(9-7-12)23(21,22)16(17)18/h6-9,11,14,16H,2-5,10H2,1H3,(H,19,20). The molecule has 1 aromatic carbocycles. The lowest BCUT2D eigenvalue weighted by Crippen LogP contribution is -2.41. The molecule has 1 amide bonds. The van der Waals surface area contributed by atoms with Crippen molar-refractivity contribution >= 4 is 15.7 Å². The van der Waals surface area contributed by atoms with E-state index in [0.29, 0.717) is 11.5 Å². The highest BCUT2D eigenvalue weighted by Gasteiger charge is 2.26. The number of nitrogens with one attached hydrogen (secondary N) is 1. The molecule has 0 radical (unpaired) electrons. The quantitative estimate of drug-likeness (QED) is 0.892. The molecule has 0 spiro atoms. The van der Waals surface area contributed by atoms with Crippen LogP contribution in [0.25, 0.3) is 0 Å². The van der Waals surface area contributed by atoms with E-state index in [1.165, 1.54) is 18.6 Å². The summed E-state index contributed by atoms with van der Waals surface area (Å²) in [5, 5.41) is 3.00. The Hall–Kier alpha value is -1.50. The molecular formula is C16H21F2NO3S. The van der Waals surface area contributed by atoms with Gasteiger partial charge in [-0.3, -0.25) is 4.79 Å². The average molecular weight is 345 g/mol. The van der Waals surface area contributed by atoms with E-state index in [9.17, 15) is 22.0 Å². The van der Waals surface area contributed by atoms with Gasteiger partial charge in [0, 0.05) is 6.04 Å². The van der Waals surface area contributed by atoms with E-state index >= 15 is 0 Å². The zero-order valence-corrected chi connectivity index (χ0v) is 13.8. The summed E-state index contributed by atoms with van der Waals surface area (Å²) < 4.78 is 47.6. The molecule has 0 bridgehead atoms. The monoisotopic (exact) mass is 345 g/mol. The van der Waals surface area contributed by atoms with E-state index in [-0.39, 0.29) is 18.4 Å². The second-order valence-electron chi connectivity index (χ2n) is 6.06. The molecular weight excluding hydrogens is 324 g/mol. The van der Waals surface area contributed by atoms with Gasteiger partial charge >= 0.3 is 5.76 Å². The molecule has 2 rings (SSSR count). The summed E-state index contributed by atoms with van der Waals surface area (Å²) in [4.78, 5) is 11.6. The summed E-state index contributed by atoms with van der Waals surface area (Å²) in [5.41, 5.74) is 0.596. The molecule has 4 nitrogen and oxygen atoms in total. The minimum absolute atomic E-state index is 0.109. The highest BCUT2D eigenvalue weighted by Crippen LogP contribution is 2.24. The van der Waals surface area contributed by atoms with Crippen LogP contribution in [-0.4, -0.2) is 26.1 Å². The highest BCUT2D eigenvalue weighted by molar-refractivity contribution is 7.91. The first kappa shape index (κ1) is 17.8. The molecule has 1 aliphatic rings. The Morgan fingerprint density at radius 1 is 1.22 bits per heavy atom. The van der Waals surface area contributed by atoms with Crippen LogP contribution in [0.5, 0.6) is 0 Å². The third-order valence-corrected chi connectivity index (χ3v) is 5.71. The number of halogens is 2. The second-order valence-corrected chi connectivity index (χ2v) is 7.98. The SMILES string of the molecule is CC1CCCCC1NC(=O)Cc1ccc(S(=O)(=O)C(F)F)cc1. The van der Waals surface area contributed by atoms with Gasteiger partial charge < -0.3 is 5.32 Å². The number of amides is 1. The number of carbonyl (C=O) groups is 1. The van der Waals surface area contributed by atoms with Gasteiger partial charge in [-0.2, -0.15) is 8.78 Å². The fourth-order valence-corrected chi connectivity index (χ4v) is 3.59. The van der Waals surface area contributed by atoms with Crippen LogP contribution in [-0.2, 0) is 21.1 Å². The molecule has 2 unspecified atom stereocenters. The lowest BCUT2D eigenvalue weighted by Gasteiger charge is -2.29. The topological polar surface area (TPSA) is 63.2 Å². The lowest BCUT2D eigenvalue weighted by molar-refractivity contribution is -0.121. The maximum atomic E-state index is 12.5. The number of carbonyl (C=O) groups excluding carboxylic acids is 1. The lowest BCUT2D eigenvalue weighted by atomic mass is 9.86. The minimum Gasteiger partial charge on any atom is -0.353 e. The van der Waals surface area contributed by atoms with E-state index in [2.05, 4.69) is 12.2 Å². The Bertz CT molecular complexity index is 644. The molecule has 1 N–H and O–H groups in total. The first-order valence-corrected chi connectivity index (χ1v) is 9.25. The average Bonchev–Trinajstić information content (AvgIpc) is 2.50. The van der Waals surface area contributed by atoms with Crippen LogP contribution >= 0.6 is 0 Å². The van der Waals surface area contributed by atoms with Crippen molar-refractivity contribution in [2.75, 3.05) is 0 Å². The molecule has 0 aromatic heterocycles. The van der Waals surface area contributed by atoms with Crippen LogP contribution < -0.4 is 5.32 Å². The summed E-state index contributed by atoms with van der Waals surface area (Å²) >= 11 is 0. The molecule has 0 saturated heterocycles. The summed E-state index contributed by atoms with van der Waals surface area (Å²) in [6.07, 6.45) is 4.48. The van der Waals surface area contributed by atoms with E-state index in [0.717, 1.165) is 31.4 Å². The first-order chi connectivity index (χ1) is 10.8. The van der Waals surface area contributed by atoms with Gasteiger partial charge in [-0.25, -0.2) is 8.42 Å². The van der Waals surface area contributed by atoms with E-state index < -0.39 is 20.5 Å². The van der Waals surface area contributed by atoms with Crippen molar-refractivity contribution in [3.05, 3.63) is 29.8 Å². The Kier molecular flexibility index (Phi) is 5.73. The Balaban J connectivity index is 1.97. The summed E-state index contributed by atoms with van der Waals surface area (Å²) in [6, 6.07) is 5.22. The Morgan fingerprint density at radius 3 is 2.39 bits per heavy atom. The van der Waals surface area contributed by atoms with Crippen molar-refractivity contribution in [1.29, 1.82) is 0 Å². The van der Waals surface area contributed by atoms with Crippen LogP contribution in [0.15, 0.2) is 29.2 Å². The summed E-state index contributed by atoms with van der Waals surface area (Å²) in [7, 11) is -4.59. The second kappa shape index (κ2) is 7.38. The Morgan fingerprint density at radius 2 is 1.83 bits per heavy atom. The van der Waals surface area contributed by atoms with Gasteiger partial charge in [0.2, 0.25) is 15.7 Å². The number of rotatable bonds is 5. The third kappa shape index (κ3) is 4.50. The Labute approximate surface area is 135 Å². The normalized spacial score (nSPS) is 22.1. The maximum absolute atomic E-state index is 12.5. The molecule has 7 heteroatoms. The highest BCUT2D eigenvalue weighted by atomic mass is 32.2. The predicted octanol–water partition coefficient (Wildman–Crippen LogP) is 2.92. The van der Waals surface area contributed by atoms with Gasteiger partial charge in [-0.1, -0.05) is 31.9 Å². The molecule has 0 aliphatic heterocycles. The van der Waals surface area contributed by atoms with Crippen molar-refractivity contribution < 1.29 is 22.0 Å². The molecule has 1 aromatic rings. The first-order valence-electron chi connectivity index (χ1n) is 7.71. The fourth-order valence-electron chi connectivity index (χ4n) is 2.87. The van der Waals surface area contributed by atoms with E-state index in [1.54, 1.807) is 0 Å². The van der Waals surface area contributed by atoms with Crippen LogP contribution in [0.3, 0.4) is 0 Å². The van der Waals surface area contributed by atoms with Crippen molar-refractivity contribution in [3.8, 4) is 0 Å². The summed E-state index contributed by atoms with van der Waals surface area (Å²) in [6.45, 7) is 2.12. The van der Waals surface area contributed by atoms with Gasteiger partial charge in [0.05, 0.1) is 11.3 Å². The van der Waals surface area contributed by atoms with Crippen molar-refractivity contribution in [3.63, 3.8) is 0 Å². The minimum atomic E-state index is -4.59. The van der Waals surface area contributed by atoms with E-state index in [4.69, 9.17) is 0 Å². The largest absolute Gasteiger partial charge is 0.353 e. The fraction of sp³-hybridized carbons (Fsp3) is 0.562. The number of benzene rings is 1. The zero-order valence-electron chi connectivity index (χ0n) is 13.0. The van der Waals surface area contributed by atoms with Gasteiger partial charge in [-0.15, -0.1) is 0 Å². The molecule has 1 saturated carbocycles. The molecule has 1 aliphatic carbocycles. The number of sulfone groups is 1. The van der Waals surface area contributed by atoms with Gasteiger partial charge in [0.25, 0.3) is 0 Å². The zero-order chi connectivity index (χ0) is 17.0. The number of alkyl halides is 2. The molecule has 0 heterocycles. The predicted molar refractivity (Wildman–Crippen MR) is 82.9 cm³/mol. The van der Waals surface area contributed by atoms with Crippen LogP contribution in [0.4, 0.5) is 8.78 Å². The van der Waals surface area contributed by atoms with Gasteiger partial charge in [0.15, 0.2) is 0 Å². The third-order valence-electron chi connectivity index (χ3n) is 4.31. The van der Waals surface area contributed by atoms with Gasteiger partial charge in [-0.05, 0) is 36.5 Å². The molecule has 2 atom stereocenters. The van der Waals surface area contributed by atoms with E-state index in [1.807, 2.05) is 0 Å². The van der Waals surface area contributed by atoms with Crippen molar-refractivity contribution in [2.24, 2.45) is 5.92 Å². The van der Waals surface area contributed by atoms with Crippen LogP contribution in [0.2, 0.25) is 0 Å². The van der Waals surface area contributed by atoms with Crippen LogP contribution in [0.1, 0.15) is 38.2 Å². The molecule has 1 fully saturated rings. The molecule has 128 valence electrons. The summed E-state index contributed by atoms with van der Waals surface area (Å²) in [5.74, 6) is -3.12. The number of hydrogen-bond acceptors (Lipinski definition) is 3. The van der Waals surface area contributed by atoms with Crippen molar-refractivity contribution in [2.45, 2.75) is 55.7 Å². The van der Waals surface area contributed by atoms with Gasteiger partial charge in [0.1, 0.15) is 0 Å². The van der Waals surface area contributed by atoms with Crippen LogP contribution in [0, 0.1) is 5.92 Å². The smallest absolute Gasteiger partial charge is 0.341 e. The maximum Gasteiger partial charge on any atom is 0.341 e.